The van der Waals surface area contributed by atoms with Crippen molar-refractivity contribution in [2.75, 3.05) is 19.7 Å². The number of rotatable bonds is 8. The van der Waals surface area contributed by atoms with Gasteiger partial charge in [-0.15, -0.1) is 0 Å². The van der Waals surface area contributed by atoms with Crippen molar-refractivity contribution in [2.45, 2.75) is 64.2 Å². The fourth-order valence-electron chi connectivity index (χ4n) is 4.35. The second kappa shape index (κ2) is 11.1. The molecule has 4 rings (SSSR count). The number of piperidine rings is 1. The molecule has 1 saturated heterocycles. The summed E-state index contributed by atoms with van der Waals surface area (Å²) in [5.74, 6) is 2.47. The van der Waals surface area contributed by atoms with E-state index in [-0.39, 0.29) is 12.1 Å². The van der Waals surface area contributed by atoms with Crippen LogP contribution < -0.4 is 19.5 Å². The van der Waals surface area contributed by atoms with Gasteiger partial charge in [0.25, 0.3) is 0 Å². The molecule has 6 nitrogen and oxygen atoms in total. The number of ether oxygens (including phenoxy) is 3. The average Bonchev–Trinajstić information content (AvgIpc) is 3.33. The van der Waals surface area contributed by atoms with Gasteiger partial charge in [0.2, 0.25) is 0 Å². The zero-order valence-corrected chi connectivity index (χ0v) is 18.9. The maximum Gasteiger partial charge on any atom is 0.317 e. The van der Waals surface area contributed by atoms with Gasteiger partial charge in [-0.3, -0.25) is 0 Å². The van der Waals surface area contributed by atoms with E-state index in [1.165, 1.54) is 12.8 Å². The van der Waals surface area contributed by atoms with Gasteiger partial charge in [-0.25, -0.2) is 4.79 Å². The van der Waals surface area contributed by atoms with Crippen LogP contribution in [0.2, 0.25) is 0 Å². The fraction of sp³-hybridized carbons (Fsp3) is 0.500. The van der Waals surface area contributed by atoms with E-state index in [1.807, 2.05) is 60.4 Å². The molecule has 2 aromatic rings. The Morgan fingerprint density at radius 1 is 0.906 bits per heavy atom. The number of likely N-dealkylation sites (tertiary alicyclic amines) is 1. The smallest absolute Gasteiger partial charge is 0.317 e. The van der Waals surface area contributed by atoms with Crippen LogP contribution >= 0.6 is 0 Å². The molecule has 32 heavy (non-hydrogen) atoms. The standard InChI is InChI=1S/C26H34N2O4/c1-2-30-24-9-5-6-10-25(24)32-23-15-17-28(18-16-23)26(29)27-19-20-11-13-22(14-12-20)31-21-7-3-4-8-21/h5-6,9-14,21,23H,2-4,7-8,15-19H2,1H3,(H,27,29). The molecule has 1 heterocycles. The summed E-state index contributed by atoms with van der Waals surface area (Å²) in [7, 11) is 0. The third-order valence-corrected chi connectivity index (χ3v) is 6.14. The summed E-state index contributed by atoms with van der Waals surface area (Å²) in [5.41, 5.74) is 1.07. The van der Waals surface area contributed by atoms with Gasteiger partial charge < -0.3 is 24.4 Å². The number of carbonyl (C=O) groups is 1. The number of hydrogen-bond donors (Lipinski definition) is 1. The lowest BCUT2D eigenvalue weighted by Crippen LogP contribution is -2.46. The SMILES string of the molecule is CCOc1ccccc1OC1CCN(C(=O)NCc2ccc(OC3CCCC3)cc2)CC1. The summed E-state index contributed by atoms with van der Waals surface area (Å²) in [4.78, 5) is 14.5. The van der Waals surface area contributed by atoms with E-state index in [4.69, 9.17) is 14.2 Å². The molecule has 2 fully saturated rings. The van der Waals surface area contributed by atoms with Crippen LogP contribution in [0.15, 0.2) is 48.5 Å². The summed E-state index contributed by atoms with van der Waals surface area (Å²) in [6, 6.07) is 15.8. The van der Waals surface area contributed by atoms with Gasteiger partial charge in [0.05, 0.1) is 12.7 Å². The quantitative estimate of drug-likeness (QED) is 0.618. The van der Waals surface area contributed by atoms with Crippen LogP contribution in [0.4, 0.5) is 4.79 Å². The van der Waals surface area contributed by atoms with Crippen molar-refractivity contribution in [1.29, 1.82) is 0 Å². The minimum absolute atomic E-state index is 0.0237. The summed E-state index contributed by atoms with van der Waals surface area (Å²) in [6.45, 7) is 4.45. The normalized spacial score (nSPS) is 17.2. The summed E-state index contributed by atoms with van der Waals surface area (Å²) >= 11 is 0. The molecule has 1 aliphatic carbocycles. The van der Waals surface area contributed by atoms with Crippen LogP contribution in [0.1, 0.15) is 51.0 Å². The predicted molar refractivity (Wildman–Crippen MR) is 124 cm³/mol. The Morgan fingerprint density at radius 3 is 2.25 bits per heavy atom. The van der Waals surface area contributed by atoms with Crippen LogP contribution in [0.5, 0.6) is 17.2 Å². The number of amides is 2. The molecule has 172 valence electrons. The highest BCUT2D eigenvalue weighted by Crippen LogP contribution is 2.29. The monoisotopic (exact) mass is 438 g/mol. The Balaban J connectivity index is 1.19. The molecule has 1 N–H and O–H groups in total. The van der Waals surface area contributed by atoms with Crippen molar-refractivity contribution >= 4 is 6.03 Å². The van der Waals surface area contributed by atoms with Crippen molar-refractivity contribution in [2.24, 2.45) is 0 Å². The largest absolute Gasteiger partial charge is 0.490 e. The summed E-state index contributed by atoms with van der Waals surface area (Å²) in [6.07, 6.45) is 6.89. The molecule has 1 saturated carbocycles. The van der Waals surface area contributed by atoms with Crippen molar-refractivity contribution in [1.82, 2.24) is 10.2 Å². The maximum atomic E-state index is 12.6. The van der Waals surface area contributed by atoms with Gasteiger partial charge in [0, 0.05) is 32.5 Å². The van der Waals surface area contributed by atoms with E-state index in [2.05, 4.69) is 5.32 Å². The second-order valence-corrected chi connectivity index (χ2v) is 8.51. The number of benzene rings is 2. The highest BCUT2D eigenvalue weighted by Gasteiger charge is 2.24. The minimum atomic E-state index is -0.0237. The van der Waals surface area contributed by atoms with Crippen molar-refractivity contribution in [3.05, 3.63) is 54.1 Å². The molecule has 2 aliphatic rings. The first-order valence-electron chi connectivity index (χ1n) is 11.9. The summed E-state index contributed by atoms with van der Waals surface area (Å²) < 4.78 is 17.8. The lowest BCUT2D eigenvalue weighted by Gasteiger charge is -2.32. The van der Waals surface area contributed by atoms with Gasteiger partial charge in [-0.1, -0.05) is 24.3 Å². The highest BCUT2D eigenvalue weighted by molar-refractivity contribution is 5.74. The van der Waals surface area contributed by atoms with E-state index in [0.29, 0.717) is 32.3 Å². The topological polar surface area (TPSA) is 60.0 Å². The van der Waals surface area contributed by atoms with Gasteiger partial charge in [-0.2, -0.15) is 0 Å². The molecule has 2 amide bonds. The van der Waals surface area contributed by atoms with Gasteiger partial charge in [-0.05, 0) is 62.4 Å². The molecule has 0 radical (unpaired) electrons. The third kappa shape index (κ3) is 6.09. The number of nitrogens with zero attached hydrogens (tertiary/aromatic N) is 1. The lowest BCUT2D eigenvalue weighted by molar-refractivity contribution is 0.107. The zero-order chi connectivity index (χ0) is 22.2. The number of nitrogens with one attached hydrogen (secondary N) is 1. The molecule has 2 aromatic carbocycles. The number of para-hydroxylation sites is 2. The fourth-order valence-corrected chi connectivity index (χ4v) is 4.35. The van der Waals surface area contributed by atoms with Crippen LogP contribution in [0.25, 0.3) is 0 Å². The molecule has 0 atom stereocenters. The molecule has 0 bridgehead atoms. The first-order chi connectivity index (χ1) is 15.7. The van der Waals surface area contributed by atoms with Crippen molar-refractivity contribution < 1.29 is 19.0 Å². The molecule has 0 spiro atoms. The minimum Gasteiger partial charge on any atom is -0.490 e. The number of carbonyl (C=O) groups excluding carboxylic acids is 1. The van der Waals surface area contributed by atoms with Crippen LogP contribution in [-0.2, 0) is 6.54 Å². The second-order valence-electron chi connectivity index (χ2n) is 8.51. The van der Waals surface area contributed by atoms with Crippen molar-refractivity contribution in [3.63, 3.8) is 0 Å². The Kier molecular flexibility index (Phi) is 7.75. The molecular weight excluding hydrogens is 404 g/mol. The van der Waals surface area contributed by atoms with Crippen LogP contribution in [0.3, 0.4) is 0 Å². The summed E-state index contributed by atoms with van der Waals surface area (Å²) in [5, 5.41) is 3.04. The first kappa shape index (κ1) is 22.3. The third-order valence-electron chi connectivity index (χ3n) is 6.14. The average molecular weight is 439 g/mol. The Morgan fingerprint density at radius 2 is 1.56 bits per heavy atom. The van der Waals surface area contributed by atoms with E-state index < -0.39 is 0 Å². The maximum absolute atomic E-state index is 12.6. The van der Waals surface area contributed by atoms with Gasteiger partial charge in [0.1, 0.15) is 11.9 Å². The molecule has 1 aliphatic heterocycles. The van der Waals surface area contributed by atoms with E-state index in [9.17, 15) is 4.79 Å². The van der Waals surface area contributed by atoms with Gasteiger partial charge in [0.15, 0.2) is 11.5 Å². The van der Waals surface area contributed by atoms with Crippen LogP contribution in [-0.4, -0.2) is 42.8 Å². The molecule has 0 aromatic heterocycles. The zero-order valence-electron chi connectivity index (χ0n) is 18.9. The molecule has 6 heteroatoms. The molecule has 0 unspecified atom stereocenters. The van der Waals surface area contributed by atoms with E-state index >= 15 is 0 Å². The Labute approximate surface area is 190 Å². The van der Waals surface area contributed by atoms with Crippen LogP contribution in [0, 0.1) is 0 Å². The number of urea groups is 1. The van der Waals surface area contributed by atoms with E-state index in [0.717, 1.165) is 48.5 Å². The van der Waals surface area contributed by atoms with Crippen molar-refractivity contribution in [3.8, 4) is 17.2 Å². The lowest BCUT2D eigenvalue weighted by atomic mass is 10.1. The Bertz CT molecular complexity index is 856. The van der Waals surface area contributed by atoms with E-state index in [1.54, 1.807) is 0 Å². The predicted octanol–water partition coefficient (Wildman–Crippen LogP) is 5.16. The highest BCUT2D eigenvalue weighted by atomic mass is 16.5. The van der Waals surface area contributed by atoms with Gasteiger partial charge >= 0.3 is 6.03 Å². The molecular formula is C26H34N2O4. The Hall–Kier alpha value is -2.89. The number of hydrogen-bond acceptors (Lipinski definition) is 4. The first-order valence-corrected chi connectivity index (χ1v) is 11.9.